The van der Waals surface area contributed by atoms with Crippen LogP contribution in [0.25, 0.3) is 0 Å². The highest BCUT2D eigenvalue weighted by Crippen LogP contribution is 2.23. The maximum atomic E-state index is 12.0. The van der Waals surface area contributed by atoms with Gasteiger partial charge in [0, 0.05) is 12.3 Å². The summed E-state index contributed by atoms with van der Waals surface area (Å²) in [5.74, 6) is 0. The quantitative estimate of drug-likeness (QED) is 0.583. The number of rotatable bonds is 2. The molecule has 0 aliphatic rings. The number of alkyl halides is 1. The van der Waals surface area contributed by atoms with Gasteiger partial charge in [0.1, 0.15) is 11.1 Å². The zero-order valence-electron chi connectivity index (χ0n) is 5.83. The van der Waals surface area contributed by atoms with E-state index >= 15 is 0 Å². The predicted molar refractivity (Wildman–Crippen MR) is 43.4 cm³/mol. The first-order valence-electron chi connectivity index (χ1n) is 3.00. The van der Waals surface area contributed by atoms with Gasteiger partial charge in [-0.15, -0.1) is 0 Å². The van der Waals surface area contributed by atoms with Crippen molar-refractivity contribution in [1.29, 1.82) is 0 Å². The van der Waals surface area contributed by atoms with Crippen LogP contribution in [0.15, 0.2) is 16.7 Å². The van der Waals surface area contributed by atoms with Crippen molar-refractivity contribution in [2.75, 3.05) is 0 Å². The van der Waals surface area contributed by atoms with Crippen LogP contribution in [0.3, 0.4) is 0 Å². The van der Waals surface area contributed by atoms with Crippen LogP contribution in [0.5, 0.6) is 0 Å². The number of aromatic nitrogens is 1. The summed E-state index contributed by atoms with van der Waals surface area (Å²) in [7, 11) is 0. The predicted octanol–water partition coefficient (Wildman–Crippen LogP) is 2.22. The van der Waals surface area contributed by atoms with E-state index in [9.17, 15) is 14.5 Å². The van der Waals surface area contributed by atoms with Gasteiger partial charge in [-0.05, 0) is 15.9 Å². The molecule has 4 nitrogen and oxygen atoms in total. The molecule has 0 spiro atoms. The van der Waals surface area contributed by atoms with Crippen molar-refractivity contribution < 1.29 is 9.31 Å². The molecule has 0 N–H and O–H groups in total. The first-order valence-corrected chi connectivity index (χ1v) is 3.79. The fraction of sp³-hybridized carbons (Fsp3) is 0.167. The smallest absolute Gasteiger partial charge is 0.258 e. The number of halogens is 2. The van der Waals surface area contributed by atoms with Crippen molar-refractivity contribution in [2.24, 2.45) is 0 Å². The van der Waals surface area contributed by atoms with Crippen molar-refractivity contribution in [1.82, 2.24) is 4.98 Å². The van der Waals surface area contributed by atoms with Gasteiger partial charge in [0.05, 0.1) is 10.6 Å². The molecule has 1 heterocycles. The summed E-state index contributed by atoms with van der Waals surface area (Å²) in [5.41, 5.74) is -0.109. The van der Waals surface area contributed by atoms with Crippen LogP contribution >= 0.6 is 15.9 Å². The van der Waals surface area contributed by atoms with Gasteiger partial charge < -0.3 is 0 Å². The molecule has 12 heavy (non-hydrogen) atoms. The summed E-state index contributed by atoms with van der Waals surface area (Å²) >= 11 is 2.93. The molecular weight excluding hydrogens is 231 g/mol. The summed E-state index contributed by atoms with van der Waals surface area (Å²) in [6.45, 7) is -0.798. The molecule has 0 aliphatic carbocycles. The normalized spacial score (nSPS) is 9.83. The van der Waals surface area contributed by atoms with Gasteiger partial charge >= 0.3 is 0 Å². The maximum absolute atomic E-state index is 12.0. The summed E-state index contributed by atoms with van der Waals surface area (Å²) in [4.78, 5) is 13.3. The molecule has 0 atom stereocenters. The zero-order valence-corrected chi connectivity index (χ0v) is 7.41. The van der Waals surface area contributed by atoms with E-state index in [4.69, 9.17) is 0 Å². The number of hydrogen-bond acceptors (Lipinski definition) is 3. The van der Waals surface area contributed by atoms with Gasteiger partial charge in [-0.2, -0.15) is 0 Å². The van der Waals surface area contributed by atoms with Crippen LogP contribution in [0.4, 0.5) is 10.1 Å². The van der Waals surface area contributed by atoms with Crippen molar-refractivity contribution in [2.45, 2.75) is 6.67 Å². The van der Waals surface area contributed by atoms with Crippen molar-refractivity contribution in [3.63, 3.8) is 0 Å². The lowest BCUT2D eigenvalue weighted by molar-refractivity contribution is -0.385. The number of nitrogens with zero attached hydrogens (tertiary/aromatic N) is 2. The van der Waals surface area contributed by atoms with Crippen LogP contribution in [0, 0.1) is 10.1 Å². The molecule has 0 saturated heterocycles. The summed E-state index contributed by atoms with van der Waals surface area (Å²) in [5, 5.41) is 10.3. The Labute approximate surface area is 75.7 Å². The second kappa shape index (κ2) is 3.57. The summed E-state index contributed by atoms with van der Waals surface area (Å²) in [6, 6.07) is 1.10. The summed E-state index contributed by atoms with van der Waals surface area (Å²) in [6.07, 6.45) is 1.22. The molecule has 0 radical (unpaired) electrons. The van der Waals surface area contributed by atoms with Crippen molar-refractivity contribution in [3.8, 4) is 0 Å². The topological polar surface area (TPSA) is 56.0 Å². The highest BCUT2D eigenvalue weighted by Gasteiger charge is 2.12. The Morgan fingerprint density at radius 3 is 2.92 bits per heavy atom. The third-order valence-electron chi connectivity index (χ3n) is 1.23. The lowest BCUT2D eigenvalue weighted by Crippen LogP contribution is -1.93. The van der Waals surface area contributed by atoms with Gasteiger partial charge in [0.15, 0.2) is 0 Å². The molecular formula is C6H4BrFN2O2. The van der Waals surface area contributed by atoms with Crippen LogP contribution in [0.2, 0.25) is 0 Å². The highest BCUT2D eigenvalue weighted by molar-refractivity contribution is 9.10. The molecule has 1 aromatic heterocycles. The van der Waals surface area contributed by atoms with Crippen LogP contribution in [-0.2, 0) is 6.67 Å². The average molecular weight is 235 g/mol. The Morgan fingerprint density at radius 2 is 2.42 bits per heavy atom. The minimum Gasteiger partial charge on any atom is -0.258 e. The standard InChI is InChI=1S/C6H4BrFN2O2/c7-5-3-9-4(2-8)1-6(5)10(11)12/h1,3H,2H2. The Hall–Kier alpha value is -1.04. The van der Waals surface area contributed by atoms with E-state index in [1.807, 2.05) is 0 Å². The van der Waals surface area contributed by atoms with Gasteiger partial charge in [-0.3, -0.25) is 15.1 Å². The molecule has 0 aromatic carbocycles. The fourth-order valence-electron chi connectivity index (χ4n) is 0.683. The fourth-order valence-corrected chi connectivity index (χ4v) is 1.04. The Balaban J connectivity index is 3.17. The minimum atomic E-state index is -0.798. The van der Waals surface area contributed by atoms with E-state index in [1.165, 1.54) is 6.20 Å². The molecule has 1 rings (SSSR count). The molecule has 0 saturated carbocycles. The van der Waals surface area contributed by atoms with E-state index in [1.54, 1.807) is 0 Å². The molecule has 6 heteroatoms. The Kier molecular flexibility index (Phi) is 2.69. The van der Waals surface area contributed by atoms with E-state index in [-0.39, 0.29) is 15.9 Å². The molecule has 0 aliphatic heterocycles. The first-order chi connectivity index (χ1) is 5.65. The molecule has 1 aromatic rings. The Morgan fingerprint density at radius 1 is 1.75 bits per heavy atom. The SMILES string of the molecule is O=[N+]([O-])c1cc(CF)ncc1Br. The monoisotopic (exact) mass is 234 g/mol. The third kappa shape index (κ3) is 1.76. The second-order valence-electron chi connectivity index (χ2n) is 2.02. The zero-order chi connectivity index (χ0) is 9.14. The van der Waals surface area contributed by atoms with E-state index in [0.29, 0.717) is 0 Å². The maximum Gasteiger partial charge on any atom is 0.286 e. The van der Waals surface area contributed by atoms with Crippen molar-refractivity contribution >= 4 is 21.6 Å². The third-order valence-corrected chi connectivity index (χ3v) is 1.84. The molecule has 64 valence electrons. The van der Waals surface area contributed by atoms with Gasteiger partial charge in [-0.1, -0.05) is 0 Å². The molecule has 0 amide bonds. The lowest BCUT2D eigenvalue weighted by atomic mass is 10.3. The van der Waals surface area contributed by atoms with E-state index in [2.05, 4.69) is 20.9 Å². The van der Waals surface area contributed by atoms with E-state index in [0.717, 1.165) is 6.07 Å². The second-order valence-corrected chi connectivity index (χ2v) is 2.87. The average Bonchev–Trinajstić information content (AvgIpc) is 2.05. The largest absolute Gasteiger partial charge is 0.286 e. The molecule has 0 unspecified atom stereocenters. The van der Waals surface area contributed by atoms with Gasteiger partial charge in [0.25, 0.3) is 5.69 Å². The lowest BCUT2D eigenvalue weighted by Gasteiger charge is -1.96. The number of hydrogen-bond donors (Lipinski definition) is 0. The minimum absolute atomic E-state index is 0.0601. The Bertz CT molecular complexity index is 318. The van der Waals surface area contributed by atoms with Crippen molar-refractivity contribution in [3.05, 3.63) is 32.5 Å². The van der Waals surface area contributed by atoms with E-state index < -0.39 is 11.6 Å². The number of nitro groups is 1. The summed E-state index contributed by atoms with van der Waals surface area (Å²) < 4.78 is 12.3. The number of pyridine rings is 1. The van der Waals surface area contributed by atoms with Gasteiger partial charge in [-0.25, -0.2) is 4.39 Å². The van der Waals surface area contributed by atoms with Crippen LogP contribution in [-0.4, -0.2) is 9.91 Å². The van der Waals surface area contributed by atoms with Gasteiger partial charge in [0.2, 0.25) is 0 Å². The molecule has 0 bridgehead atoms. The van der Waals surface area contributed by atoms with Crippen LogP contribution < -0.4 is 0 Å². The highest BCUT2D eigenvalue weighted by atomic mass is 79.9. The molecule has 0 fully saturated rings. The first kappa shape index (κ1) is 9.05. The van der Waals surface area contributed by atoms with Crippen LogP contribution in [0.1, 0.15) is 5.69 Å².